The number of benzene rings is 2. The molecule has 8 heteroatoms. The largest absolute Gasteiger partial charge is 0.497 e. The Morgan fingerprint density at radius 2 is 1.89 bits per heavy atom. The number of anilines is 1. The molecule has 2 rings (SSSR count). The van der Waals surface area contributed by atoms with Crippen LogP contribution in [0.15, 0.2) is 48.5 Å². The normalized spacial score (nSPS) is 11.1. The fourth-order valence-electron chi connectivity index (χ4n) is 2.53. The zero-order valence-corrected chi connectivity index (χ0v) is 16.1. The van der Waals surface area contributed by atoms with Crippen molar-refractivity contribution in [3.8, 4) is 5.75 Å². The van der Waals surface area contributed by atoms with Crippen molar-refractivity contribution >= 4 is 21.6 Å². The van der Waals surface area contributed by atoms with Gasteiger partial charge in [0.05, 0.1) is 19.1 Å². The Morgan fingerprint density at radius 1 is 1.19 bits per heavy atom. The summed E-state index contributed by atoms with van der Waals surface area (Å²) < 4.78 is 43.4. The first-order valence-corrected chi connectivity index (χ1v) is 10.3. The minimum absolute atomic E-state index is 0.177. The number of hydrogen-bond donors (Lipinski definition) is 1. The summed E-state index contributed by atoms with van der Waals surface area (Å²) in [6, 6.07) is 12.6. The van der Waals surface area contributed by atoms with E-state index in [2.05, 4.69) is 5.32 Å². The van der Waals surface area contributed by atoms with Crippen molar-refractivity contribution in [3.63, 3.8) is 0 Å². The lowest BCUT2D eigenvalue weighted by atomic mass is 10.2. The van der Waals surface area contributed by atoms with Crippen LogP contribution >= 0.6 is 0 Å². The number of carbonyl (C=O) groups is 1. The molecule has 0 heterocycles. The molecule has 1 amide bonds. The number of nitrogens with one attached hydrogen (secondary N) is 1. The van der Waals surface area contributed by atoms with Gasteiger partial charge in [0, 0.05) is 25.6 Å². The average molecular weight is 394 g/mol. The Labute approximate surface area is 159 Å². The minimum atomic E-state index is -3.49. The van der Waals surface area contributed by atoms with Crippen LogP contribution in [-0.2, 0) is 21.4 Å². The number of methoxy groups -OCH3 is 1. The van der Waals surface area contributed by atoms with Crippen molar-refractivity contribution in [2.45, 2.75) is 19.4 Å². The maximum atomic E-state index is 12.9. The number of carbonyl (C=O) groups excluding carboxylic acids is 1. The Balaban J connectivity index is 1.89. The zero-order chi connectivity index (χ0) is 19.9. The molecule has 0 aliphatic heterocycles. The van der Waals surface area contributed by atoms with Gasteiger partial charge in [0.1, 0.15) is 11.6 Å². The Bertz CT molecular complexity index is 870. The molecule has 6 nitrogen and oxygen atoms in total. The summed E-state index contributed by atoms with van der Waals surface area (Å²) in [4.78, 5) is 12.0. The van der Waals surface area contributed by atoms with Crippen molar-refractivity contribution in [1.29, 1.82) is 0 Å². The summed E-state index contributed by atoms with van der Waals surface area (Å²) in [6.07, 6.45) is 1.66. The van der Waals surface area contributed by atoms with Crippen LogP contribution in [0.4, 0.5) is 10.1 Å². The van der Waals surface area contributed by atoms with Crippen molar-refractivity contribution in [1.82, 2.24) is 5.32 Å². The predicted octanol–water partition coefficient (Wildman–Crippen LogP) is 2.70. The van der Waals surface area contributed by atoms with E-state index >= 15 is 0 Å². The number of rotatable bonds is 9. The minimum Gasteiger partial charge on any atom is -0.497 e. The van der Waals surface area contributed by atoms with Gasteiger partial charge in [-0.15, -0.1) is 0 Å². The van der Waals surface area contributed by atoms with Gasteiger partial charge in [0.2, 0.25) is 15.9 Å². The molecule has 2 aromatic rings. The fraction of sp³-hybridized carbons (Fsp3) is 0.316. The second-order valence-electron chi connectivity index (χ2n) is 6.04. The van der Waals surface area contributed by atoms with Gasteiger partial charge in [-0.2, -0.15) is 0 Å². The predicted molar refractivity (Wildman–Crippen MR) is 103 cm³/mol. The van der Waals surface area contributed by atoms with Gasteiger partial charge in [-0.05, 0) is 36.2 Å². The van der Waals surface area contributed by atoms with Crippen LogP contribution in [0.5, 0.6) is 5.75 Å². The third kappa shape index (κ3) is 6.56. The van der Waals surface area contributed by atoms with Crippen LogP contribution in [0.1, 0.15) is 18.4 Å². The molecule has 0 aliphatic carbocycles. The van der Waals surface area contributed by atoms with Crippen molar-refractivity contribution in [2.75, 3.05) is 24.2 Å². The molecule has 27 heavy (non-hydrogen) atoms. The molecule has 0 spiro atoms. The van der Waals surface area contributed by atoms with E-state index in [0.717, 1.165) is 11.8 Å². The van der Waals surface area contributed by atoms with Crippen LogP contribution < -0.4 is 14.4 Å². The lowest BCUT2D eigenvalue weighted by molar-refractivity contribution is -0.121. The first-order valence-electron chi connectivity index (χ1n) is 8.42. The average Bonchev–Trinajstić information content (AvgIpc) is 2.63. The number of nitrogens with zero attached hydrogens (tertiary/aromatic N) is 1. The third-order valence-electron chi connectivity index (χ3n) is 3.91. The zero-order valence-electron chi connectivity index (χ0n) is 15.3. The molecule has 1 N–H and O–H groups in total. The van der Waals surface area contributed by atoms with Gasteiger partial charge in [0.15, 0.2) is 0 Å². The lowest BCUT2D eigenvalue weighted by Gasteiger charge is -2.22. The van der Waals surface area contributed by atoms with E-state index in [9.17, 15) is 17.6 Å². The van der Waals surface area contributed by atoms with E-state index in [1.165, 1.54) is 23.5 Å². The smallest absolute Gasteiger partial charge is 0.232 e. The van der Waals surface area contributed by atoms with E-state index in [4.69, 9.17) is 4.74 Å². The second-order valence-corrected chi connectivity index (χ2v) is 7.95. The SMILES string of the molecule is COc1cccc(N(CCCC(=O)NCc2ccc(F)cc2)S(C)(=O)=O)c1. The van der Waals surface area contributed by atoms with Gasteiger partial charge in [-0.1, -0.05) is 18.2 Å². The van der Waals surface area contributed by atoms with Crippen molar-refractivity contribution < 1.29 is 22.3 Å². The Hall–Kier alpha value is -2.61. The summed E-state index contributed by atoms with van der Waals surface area (Å²) in [5, 5.41) is 2.74. The first-order chi connectivity index (χ1) is 12.8. The van der Waals surface area contributed by atoms with Crippen molar-refractivity contribution in [2.24, 2.45) is 0 Å². The molecule has 0 radical (unpaired) electrons. The maximum absolute atomic E-state index is 12.9. The fourth-order valence-corrected chi connectivity index (χ4v) is 3.48. The maximum Gasteiger partial charge on any atom is 0.232 e. The molecule has 0 aliphatic rings. The van der Waals surface area contributed by atoms with Crippen LogP contribution in [0.25, 0.3) is 0 Å². The molecule has 0 unspecified atom stereocenters. The summed E-state index contributed by atoms with van der Waals surface area (Å²) in [5.41, 5.74) is 1.28. The first kappa shape index (κ1) is 20.7. The van der Waals surface area contributed by atoms with Gasteiger partial charge in [-0.3, -0.25) is 9.10 Å². The molecule has 146 valence electrons. The van der Waals surface area contributed by atoms with Gasteiger partial charge >= 0.3 is 0 Å². The molecular formula is C19H23FN2O4S. The number of hydrogen-bond acceptors (Lipinski definition) is 4. The van der Waals surface area contributed by atoms with Gasteiger partial charge in [-0.25, -0.2) is 12.8 Å². The highest BCUT2D eigenvalue weighted by Crippen LogP contribution is 2.23. The summed E-state index contributed by atoms with van der Waals surface area (Å²) >= 11 is 0. The highest BCUT2D eigenvalue weighted by molar-refractivity contribution is 7.92. The second kappa shape index (κ2) is 9.36. The van der Waals surface area contributed by atoms with E-state index in [0.29, 0.717) is 24.4 Å². The highest BCUT2D eigenvalue weighted by atomic mass is 32.2. The summed E-state index contributed by atoms with van der Waals surface area (Å²) in [6.45, 7) is 0.473. The molecule has 0 aromatic heterocycles. The van der Waals surface area contributed by atoms with Crippen LogP contribution in [-0.4, -0.2) is 34.2 Å². The van der Waals surface area contributed by atoms with Gasteiger partial charge < -0.3 is 10.1 Å². The number of halogens is 1. The standard InChI is InChI=1S/C19H23FN2O4S/c1-26-18-6-3-5-17(13-18)22(27(2,24)25)12-4-7-19(23)21-14-15-8-10-16(20)11-9-15/h3,5-6,8-11,13H,4,7,12,14H2,1-2H3,(H,21,23). The van der Waals surface area contributed by atoms with E-state index in [1.54, 1.807) is 36.4 Å². The van der Waals surface area contributed by atoms with Crippen molar-refractivity contribution in [3.05, 3.63) is 59.9 Å². The number of sulfonamides is 1. The number of ether oxygens (including phenoxy) is 1. The van der Waals surface area contributed by atoms with Gasteiger partial charge in [0.25, 0.3) is 0 Å². The number of amides is 1. The molecule has 0 atom stereocenters. The molecule has 0 saturated heterocycles. The Kier molecular flexibility index (Phi) is 7.18. The van der Waals surface area contributed by atoms with Crippen LogP contribution in [0.2, 0.25) is 0 Å². The molecule has 0 fully saturated rings. The topological polar surface area (TPSA) is 75.7 Å². The molecule has 0 bridgehead atoms. The monoisotopic (exact) mass is 394 g/mol. The molecule has 0 saturated carbocycles. The lowest BCUT2D eigenvalue weighted by Crippen LogP contribution is -2.32. The van der Waals surface area contributed by atoms with E-state index < -0.39 is 10.0 Å². The summed E-state index contributed by atoms with van der Waals surface area (Å²) in [5.74, 6) is 0.0279. The third-order valence-corrected chi connectivity index (χ3v) is 5.10. The van der Waals surface area contributed by atoms with E-state index in [-0.39, 0.29) is 24.7 Å². The van der Waals surface area contributed by atoms with Crippen LogP contribution in [0, 0.1) is 5.82 Å². The molecular weight excluding hydrogens is 371 g/mol. The van der Waals surface area contributed by atoms with Crippen LogP contribution in [0.3, 0.4) is 0 Å². The highest BCUT2D eigenvalue weighted by Gasteiger charge is 2.18. The Morgan fingerprint density at radius 3 is 2.52 bits per heavy atom. The van der Waals surface area contributed by atoms with E-state index in [1.807, 2.05) is 0 Å². The quantitative estimate of drug-likeness (QED) is 0.710. The molecule has 2 aromatic carbocycles. The summed E-state index contributed by atoms with van der Waals surface area (Å²) in [7, 11) is -1.98.